The average molecular weight is 419 g/mol. The van der Waals surface area contributed by atoms with Crippen molar-refractivity contribution in [2.24, 2.45) is 0 Å². The molecule has 6 nitrogen and oxygen atoms in total. The number of thiophene rings is 1. The maximum Gasteiger partial charge on any atom is 0.265 e. The maximum absolute atomic E-state index is 12.7. The number of carbonyl (C=O) groups is 2. The molecule has 2 N–H and O–H groups in total. The van der Waals surface area contributed by atoms with Crippen molar-refractivity contribution in [1.82, 2.24) is 14.9 Å². The van der Waals surface area contributed by atoms with Crippen molar-refractivity contribution in [1.29, 1.82) is 0 Å². The molecule has 2 aromatic heterocycles. The summed E-state index contributed by atoms with van der Waals surface area (Å²) in [4.78, 5) is 30.2. The number of para-hydroxylation sites is 3. The molecule has 0 saturated heterocycles. The molecule has 0 saturated carbocycles. The molecule has 4 rings (SSSR count). The SMILES string of the molecule is Cc1nc2ccccc2n1CCCNC(=O)c1ccccc1NC(=O)c1cccs1. The van der Waals surface area contributed by atoms with E-state index in [2.05, 4.69) is 26.3 Å². The summed E-state index contributed by atoms with van der Waals surface area (Å²) < 4.78 is 2.16. The first-order valence-electron chi connectivity index (χ1n) is 9.77. The highest BCUT2D eigenvalue weighted by Crippen LogP contribution is 2.18. The Morgan fingerprint density at radius 2 is 1.80 bits per heavy atom. The van der Waals surface area contributed by atoms with Gasteiger partial charge in [0, 0.05) is 13.1 Å². The predicted octanol–water partition coefficient (Wildman–Crippen LogP) is 4.48. The number of hydrogen-bond donors (Lipinski definition) is 2. The van der Waals surface area contributed by atoms with Crippen molar-refractivity contribution in [3.05, 3.63) is 82.3 Å². The van der Waals surface area contributed by atoms with Crippen molar-refractivity contribution in [2.45, 2.75) is 19.9 Å². The summed E-state index contributed by atoms with van der Waals surface area (Å²) in [5.41, 5.74) is 3.04. The van der Waals surface area contributed by atoms with Crippen LogP contribution < -0.4 is 10.6 Å². The number of imidazole rings is 1. The van der Waals surface area contributed by atoms with Gasteiger partial charge in [0.05, 0.1) is 27.2 Å². The van der Waals surface area contributed by atoms with Gasteiger partial charge in [0.25, 0.3) is 11.8 Å². The van der Waals surface area contributed by atoms with Gasteiger partial charge in [-0.05, 0) is 49.1 Å². The van der Waals surface area contributed by atoms with Gasteiger partial charge in [0.1, 0.15) is 5.82 Å². The number of amides is 2. The summed E-state index contributed by atoms with van der Waals surface area (Å²) in [6.07, 6.45) is 0.774. The third kappa shape index (κ3) is 4.26. The van der Waals surface area contributed by atoms with E-state index >= 15 is 0 Å². The second kappa shape index (κ2) is 8.92. The molecule has 0 atom stereocenters. The van der Waals surface area contributed by atoms with Crippen molar-refractivity contribution < 1.29 is 9.59 Å². The van der Waals surface area contributed by atoms with Crippen LogP contribution in [0, 0.1) is 6.92 Å². The Morgan fingerprint density at radius 3 is 2.63 bits per heavy atom. The first kappa shape index (κ1) is 19.8. The summed E-state index contributed by atoms with van der Waals surface area (Å²) >= 11 is 1.36. The molecule has 0 unspecified atom stereocenters. The summed E-state index contributed by atoms with van der Waals surface area (Å²) in [6.45, 7) is 3.28. The minimum Gasteiger partial charge on any atom is -0.352 e. The standard InChI is InChI=1S/C23H22N4O2S/c1-16-25-19-10-4-5-11-20(19)27(16)14-7-13-24-22(28)17-8-2-3-9-18(17)26-23(29)21-12-6-15-30-21/h2-6,8-12,15H,7,13-14H2,1H3,(H,24,28)(H,26,29). The van der Waals surface area contributed by atoms with Crippen LogP contribution in [0.2, 0.25) is 0 Å². The monoisotopic (exact) mass is 418 g/mol. The smallest absolute Gasteiger partial charge is 0.265 e. The molecule has 152 valence electrons. The Morgan fingerprint density at radius 1 is 1.00 bits per heavy atom. The van der Waals surface area contributed by atoms with Gasteiger partial charge < -0.3 is 15.2 Å². The van der Waals surface area contributed by atoms with Gasteiger partial charge >= 0.3 is 0 Å². The van der Waals surface area contributed by atoms with Crippen molar-refractivity contribution in [3.63, 3.8) is 0 Å². The molecule has 4 aromatic rings. The lowest BCUT2D eigenvalue weighted by Gasteiger charge is -2.12. The lowest BCUT2D eigenvalue weighted by Crippen LogP contribution is -2.26. The lowest BCUT2D eigenvalue weighted by atomic mass is 10.1. The van der Waals surface area contributed by atoms with E-state index in [1.165, 1.54) is 11.3 Å². The van der Waals surface area contributed by atoms with Crippen LogP contribution in [0.1, 0.15) is 32.3 Å². The second-order valence-corrected chi connectivity index (χ2v) is 7.83. The number of benzene rings is 2. The molecule has 2 amide bonds. The summed E-state index contributed by atoms with van der Waals surface area (Å²) in [5, 5.41) is 7.63. The fourth-order valence-electron chi connectivity index (χ4n) is 3.39. The third-order valence-electron chi connectivity index (χ3n) is 4.85. The normalized spacial score (nSPS) is 10.8. The number of aryl methyl sites for hydroxylation is 2. The molecule has 0 aliphatic heterocycles. The molecule has 0 bridgehead atoms. The van der Waals surface area contributed by atoms with Gasteiger partial charge in [-0.25, -0.2) is 4.98 Å². The Bertz CT molecular complexity index is 1180. The fourth-order valence-corrected chi connectivity index (χ4v) is 4.01. The molecule has 0 fully saturated rings. The van der Waals surface area contributed by atoms with Crippen LogP contribution in [0.4, 0.5) is 5.69 Å². The first-order valence-corrected chi connectivity index (χ1v) is 10.7. The molecule has 0 aliphatic rings. The van der Waals surface area contributed by atoms with Crippen LogP contribution in [0.3, 0.4) is 0 Å². The van der Waals surface area contributed by atoms with Gasteiger partial charge in [0.2, 0.25) is 0 Å². The number of nitrogens with one attached hydrogen (secondary N) is 2. The molecule has 2 heterocycles. The van der Waals surface area contributed by atoms with Crippen LogP contribution in [-0.2, 0) is 6.54 Å². The summed E-state index contributed by atoms with van der Waals surface area (Å²) in [6, 6.07) is 18.7. The van der Waals surface area contributed by atoms with Crippen molar-refractivity contribution in [2.75, 3.05) is 11.9 Å². The van der Waals surface area contributed by atoms with Crippen LogP contribution in [0.5, 0.6) is 0 Å². The second-order valence-electron chi connectivity index (χ2n) is 6.89. The van der Waals surface area contributed by atoms with Gasteiger partial charge in [-0.15, -0.1) is 11.3 Å². The first-order chi connectivity index (χ1) is 14.6. The topological polar surface area (TPSA) is 76.0 Å². The van der Waals surface area contributed by atoms with E-state index < -0.39 is 0 Å². The molecule has 0 radical (unpaired) electrons. The fraction of sp³-hybridized carbons (Fsp3) is 0.174. The zero-order chi connectivity index (χ0) is 20.9. The van der Waals surface area contributed by atoms with E-state index in [-0.39, 0.29) is 11.8 Å². The molecule has 7 heteroatoms. The largest absolute Gasteiger partial charge is 0.352 e. The van der Waals surface area contributed by atoms with E-state index in [0.29, 0.717) is 22.7 Å². The number of anilines is 1. The molecule has 0 aliphatic carbocycles. The zero-order valence-corrected chi connectivity index (χ0v) is 17.4. The molecular formula is C23H22N4O2S. The summed E-state index contributed by atoms with van der Waals surface area (Å²) in [7, 11) is 0. The van der Waals surface area contributed by atoms with Gasteiger partial charge in [-0.3, -0.25) is 9.59 Å². The van der Waals surface area contributed by atoms with E-state index in [1.54, 1.807) is 30.3 Å². The van der Waals surface area contributed by atoms with Crippen LogP contribution in [-0.4, -0.2) is 27.9 Å². The highest BCUT2D eigenvalue weighted by molar-refractivity contribution is 7.12. The summed E-state index contributed by atoms with van der Waals surface area (Å²) in [5.74, 6) is 0.543. The van der Waals surface area contributed by atoms with E-state index in [0.717, 1.165) is 29.8 Å². The van der Waals surface area contributed by atoms with Crippen LogP contribution in [0.15, 0.2) is 66.0 Å². The molecular weight excluding hydrogens is 396 g/mol. The molecule has 2 aromatic carbocycles. The van der Waals surface area contributed by atoms with E-state index in [4.69, 9.17) is 0 Å². The minimum atomic E-state index is -0.215. The average Bonchev–Trinajstić information content (AvgIpc) is 3.39. The lowest BCUT2D eigenvalue weighted by molar-refractivity contribution is 0.0953. The Balaban J connectivity index is 1.36. The number of rotatable bonds is 7. The van der Waals surface area contributed by atoms with Gasteiger partial charge in [-0.2, -0.15) is 0 Å². The number of nitrogens with zero attached hydrogens (tertiary/aromatic N) is 2. The number of carbonyl (C=O) groups excluding carboxylic acids is 2. The highest BCUT2D eigenvalue weighted by atomic mass is 32.1. The van der Waals surface area contributed by atoms with Crippen LogP contribution in [0.25, 0.3) is 11.0 Å². The van der Waals surface area contributed by atoms with E-state index in [1.807, 2.05) is 36.6 Å². The third-order valence-corrected chi connectivity index (χ3v) is 5.72. The van der Waals surface area contributed by atoms with E-state index in [9.17, 15) is 9.59 Å². The maximum atomic E-state index is 12.7. The highest BCUT2D eigenvalue weighted by Gasteiger charge is 2.14. The Hall–Kier alpha value is -3.45. The number of hydrogen-bond acceptors (Lipinski definition) is 4. The minimum absolute atomic E-state index is 0.204. The number of aromatic nitrogens is 2. The quantitative estimate of drug-likeness (QED) is 0.435. The Kier molecular flexibility index (Phi) is 5.90. The zero-order valence-electron chi connectivity index (χ0n) is 16.6. The van der Waals surface area contributed by atoms with Crippen LogP contribution >= 0.6 is 11.3 Å². The predicted molar refractivity (Wildman–Crippen MR) is 120 cm³/mol. The van der Waals surface area contributed by atoms with Crippen molar-refractivity contribution >= 4 is 39.9 Å². The molecule has 0 spiro atoms. The molecule has 30 heavy (non-hydrogen) atoms. The van der Waals surface area contributed by atoms with Gasteiger partial charge in [0.15, 0.2) is 0 Å². The number of fused-ring (bicyclic) bond motifs is 1. The Labute approximate surface area is 178 Å². The van der Waals surface area contributed by atoms with Gasteiger partial charge in [-0.1, -0.05) is 30.3 Å². The van der Waals surface area contributed by atoms with Crippen molar-refractivity contribution in [3.8, 4) is 0 Å².